The van der Waals surface area contributed by atoms with Crippen molar-refractivity contribution in [2.24, 2.45) is 5.41 Å². The summed E-state index contributed by atoms with van der Waals surface area (Å²) in [5.41, 5.74) is 1.07. The number of likely N-dealkylation sites (tertiary alicyclic amines) is 1. The van der Waals surface area contributed by atoms with Crippen LogP contribution in [0.25, 0.3) is 0 Å². The first-order valence-electron chi connectivity index (χ1n) is 6.45. The van der Waals surface area contributed by atoms with Gasteiger partial charge in [-0.3, -0.25) is 4.79 Å². The molecule has 2 heterocycles. The molecule has 1 aliphatic rings. The minimum Gasteiger partial charge on any atom is -0.339 e. The molecule has 0 radical (unpaired) electrons. The van der Waals surface area contributed by atoms with Gasteiger partial charge in [-0.1, -0.05) is 20.3 Å². The average molecular weight is 311 g/mol. The zero-order valence-corrected chi connectivity index (χ0v) is 12.5. The Balaban J connectivity index is 2.07. The Morgan fingerprint density at radius 2 is 2.17 bits per heavy atom. The molecule has 0 bridgehead atoms. The Hall–Kier alpha value is -0.900. The molecular formula is C14H19BrN2O. The molecule has 0 spiro atoms. The summed E-state index contributed by atoms with van der Waals surface area (Å²) < 4.78 is 0.638. The zero-order valence-electron chi connectivity index (χ0n) is 10.9. The number of nitrogens with zero attached hydrogens (tertiary/aromatic N) is 2. The third kappa shape index (κ3) is 2.74. The fourth-order valence-electron chi connectivity index (χ4n) is 2.32. The fourth-order valence-corrected chi connectivity index (χ4v) is 2.74. The third-order valence-electron chi connectivity index (χ3n) is 4.10. The van der Waals surface area contributed by atoms with E-state index in [0.717, 1.165) is 25.9 Å². The Morgan fingerprint density at radius 1 is 1.50 bits per heavy atom. The first-order valence-corrected chi connectivity index (χ1v) is 7.25. The van der Waals surface area contributed by atoms with Gasteiger partial charge in [-0.15, -0.1) is 0 Å². The maximum Gasteiger partial charge on any atom is 0.256 e. The molecule has 18 heavy (non-hydrogen) atoms. The van der Waals surface area contributed by atoms with Crippen molar-refractivity contribution < 1.29 is 4.79 Å². The lowest BCUT2D eigenvalue weighted by Gasteiger charge is -2.39. The number of piperidine rings is 1. The number of amides is 1. The summed E-state index contributed by atoms with van der Waals surface area (Å²) in [5.74, 6) is 0.0909. The summed E-state index contributed by atoms with van der Waals surface area (Å²) in [6.45, 7) is 6.25. The van der Waals surface area contributed by atoms with Crippen molar-refractivity contribution in [3.05, 3.63) is 28.5 Å². The van der Waals surface area contributed by atoms with Crippen molar-refractivity contribution in [2.45, 2.75) is 33.1 Å². The van der Waals surface area contributed by atoms with Crippen molar-refractivity contribution in [3.63, 3.8) is 0 Å². The third-order valence-corrected chi connectivity index (χ3v) is 4.73. The lowest BCUT2D eigenvalue weighted by atomic mass is 9.78. The highest BCUT2D eigenvalue weighted by Gasteiger charge is 2.31. The van der Waals surface area contributed by atoms with E-state index in [1.807, 2.05) is 11.0 Å². The van der Waals surface area contributed by atoms with Crippen LogP contribution in [0.5, 0.6) is 0 Å². The second kappa shape index (κ2) is 5.39. The van der Waals surface area contributed by atoms with Gasteiger partial charge in [0.2, 0.25) is 0 Å². The topological polar surface area (TPSA) is 33.2 Å². The summed E-state index contributed by atoms with van der Waals surface area (Å²) in [6, 6.07) is 3.63. The fraction of sp³-hybridized carbons (Fsp3) is 0.571. The van der Waals surface area contributed by atoms with E-state index in [0.29, 0.717) is 15.6 Å². The number of carbonyl (C=O) groups excluding carboxylic acids is 1. The van der Waals surface area contributed by atoms with Crippen molar-refractivity contribution in [1.29, 1.82) is 0 Å². The molecule has 0 aliphatic carbocycles. The maximum atomic E-state index is 12.4. The van der Waals surface area contributed by atoms with E-state index in [2.05, 4.69) is 34.8 Å². The Kier molecular flexibility index (Phi) is 4.05. The molecule has 0 aromatic carbocycles. The summed E-state index contributed by atoms with van der Waals surface area (Å²) in [6.07, 6.45) is 5.05. The summed E-state index contributed by atoms with van der Waals surface area (Å²) in [5, 5.41) is 0. The van der Waals surface area contributed by atoms with Gasteiger partial charge in [0.15, 0.2) is 0 Å². The first-order chi connectivity index (χ1) is 8.56. The van der Waals surface area contributed by atoms with Gasteiger partial charge in [-0.25, -0.2) is 4.98 Å². The molecule has 0 unspecified atom stereocenters. The highest BCUT2D eigenvalue weighted by Crippen LogP contribution is 2.34. The first kappa shape index (κ1) is 13.5. The van der Waals surface area contributed by atoms with E-state index >= 15 is 0 Å². The van der Waals surface area contributed by atoms with Crippen LogP contribution in [-0.4, -0.2) is 28.9 Å². The molecule has 1 aromatic heterocycles. The standard InChI is InChI=1S/C14H19BrN2O/c1-3-14(2)6-9-17(10-7-14)13(18)11-5-4-8-16-12(11)15/h4-5,8H,3,6-7,9-10H2,1-2H3. The summed E-state index contributed by atoms with van der Waals surface area (Å²) in [7, 11) is 0. The number of halogens is 1. The van der Waals surface area contributed by atoms with Gasteiger partial charge in [-0.2, -0.15) is 0 Å². The molecule has 3 nitrogen and oxygen atoms in total. The Bertz CT molecular complexity index is 439. The van der Waals surface area contributed by atoms with E-state index in [4.69, 9.17) is 0 Å². The second-order valence-electron chi connectivity index (χ2n) is 5.30. The predicted octanol–water partition coefficient (Wildman–Crippen LogP) is 3.50. The number of rotatable bonds is 2. The molecule has 2 rings (SSSR count). The molecule has 0 atom stereocenters. The van der Waals surface area contributed by atoms with Crippen molar-refractivity contribution >= 4 is 21.8 Å². The smallest absolute Gasteiger partial charge is 0.256 e. The van der Waals surface area contributed by atoms with Gasteiger partial charge >= 0.3 is 0 Å². The minimum absolute atomic E-state index is 0.0909. The highest BCUT2D eigenvalue weighted by atomic mass is 79.9. The van der Waals surface area contributed by atoms with E-state index in [1.54, 1.807) is 12.3 Å². The molecule has 1 amide bonds. The van der Waals surface area contributed by atoms with Crippen LogP contribution in [0.2, 0.25) is 0 Å². The predicted molar refractivity (Wildman–Crippen MR) is 75.5 cm³/mol. The molecule has 1 saturated heterocycles. The van der Waals surface area contributed by atoms with Gasteiger partial charge in [0.05, 0.1) is 5.56 Å². The Morgan fingerprint density at radius 3 is 2.72 bits per heavy atom. The van der Waals surface area contributed by atoms with E-state index in [1.165, 1.54) is 6.42 Å². The van der Waals surface area contributed by atoms with Crippen LogP contribution in [0.4, 0.5) is 0 Å². The Labute approximate surface area is 117 Å². The van der Waals surface area contributed by atoms with Gasteiger partial charge in [0.25, 0.3) is 5.91 Å². The van der Waals surface area contributed by atoms with Crippen LogP contribution in [-0.2, 0) is 0 Å². The van der Waals surface area contributed by atoms with Crippen LogP contribution >= 0.6 is 15.9 Å². The van der Waals surface area contributed by atoms with Crippen LogP contribution in [0.1, 0.15) is 43.5 Å². The van der Waals surface area contributed by atoms with E-state index < -0.39 is 0 Å². The number of hydrogen-bond acceptors (Lipinski definition) is 2. The monoisotopic (exact) mass is 310 g/mol. The van der Waals surface area contributed by atoms with Crippen LogP contribution in [0.15, 0.2) is 22.9 Å². The lowest BCUT2D eigenvalue weighted by Crippen LogP contribution is -2.42. The largest absolute Gasteiger partial charge is 0.339 e. The zero-order chi connectivity index (χ0) is 13.2. The average Bonchev–Trinajstić information content (AvgIpc) is 2.39. The normalized spacial score (nSPS) is 18.7. The molecule has 0 N–H and O–H groups in total. The van der Waals surface area contributed by atoms with E-state index in [9.17, 15) is 4.79 Å². The molecule has 98 valence electrons. The summed E-state index contributed by atoms with van der Waals surface area (Å²) >= 11 is 3.34. The molecule has 4 heteroatoms. The number of carbonyl (C=O) groups is 1. The van der Waals surface area contributed by atoms with Crippen molar-refractivity contribution in [3.8, 4) is 0 Å². The number of pyridine rings is 1. The van der Waals surface area contributed by atoms with E-state index in [-0.39, 0.29) is 5.91 Å². The van der Waals surface area contributed by atoms with Gasteiger partial charge in [-0.05, 0) is 46.3 Å². The minimum atomic E-state index is 0.0909. The molecule has 0 saturated carbocycles. The second-order valence-corrected chi connectivity index (χ2v) is 6.05. The SMILES string of the molecule is CCC1(C)CCN(C(=O)c2cccnc2Br)CC1. The number of hydrogen-bond donors (Lipinski definition) is 0. The maximum absolute atomic E-state index is 12.4. The van der Waals surface area contributed by atoms with Crippen LogP contribution < -0.4 is 0 Å². The van der Waals surface area contributed by atoms with Crippen molar-refractivity contribution in [2.75, 3.05) is 13.1 Å². The van der Waals surface area contributed by atoms with Gasteiger partial charge < -0.3 is 4.90 Å². The number of aromatic nitrogens is 1. The molecule has 1 aromatic rings. The molecule has 1 fully saturated rings. The van der Waals surface area contributed by atoms with Crippen molar-refractivity contribution in [1.82, 2.24) is 9.88 Å². The van der Waals surface area contributed by atoms with Crippen LogP contribution in [0.3, 0.4) is 0 Å². The lowest BCUT2D eigenvalue weighted by molar-refractivity contribution is 0.0599. The molecular weight excluding hydrogens is 292 g/mol. The van der Waals surface area contributed by atoms with Gasteiger partial charge in [0.1, 0.15) is 4.60 Å². The molecule has 1 aliphatic heterocycles. The highest BCUT2D eigenvalue weighted by molar-refractivity contribution is 9.10. The summed E-state index contributed by atoms with van der Waals surface area (Å²) in [4.78, 5) is 18.4. The quantitative estimate of drug-likeness (QED) is 0.783. The van der Waals surface area contributed by atoms with Gasteiger partial charge in [0, 0.05) is 19.3 Å². The van der Waals surface area contributed by atoms with Crippen LogP contribution in [0, 0.1) is 5.41 Å².